The van der Waals surface area contributed by atoms with Gasteiger partial charge in [-0.3, -0.25) is 0 Å². The van der Waals surface area contributed by atoms with Crippen molar-refractivity contribution in [1.29, 1.82) is 5.26 Å². The van der Waals surface area contributed by atoms with Crippen molar-refractivity contribution < 1.29 is 13.2 Å². The normalized spacial score (nSPS) is 11.8. The van der Waals surface area contributed by atoms with Gasteiger partial charge in [0.2, 0.25) is 9.84 Å². The number of hydrogen-bond acceptors (Lipinski definition) is 4. The molecule has 4 nitrogen and oxygen atoms in total. The third kappa shape index (κ3) is 3.38. The van der Waals surface area contributed by atoms with Gasteiger partial charge in [0.1, 0.15) is 16.7 Å². The summed E-state index contributed by atoms with van der Waals surface area (Å²) in [7, 11) is -2.38. The maximum atomic E-state index is 12.5. The molecule has 112 valence electrons. The molecule has 2 aromatic rings. The van der Waals surface area contributed by atoms with Crippen molar-refractivity contribution in [3.05, 3.63) is 63.5 Å². The van der Waals surface area contributed by atoms with Crippen molar-refractivity contribution in [1.82, 2.24) is 0 Å². The minimum Gasteiger partial charge on any atom is -0.496 e. The van der Waals surface area contributed by atoms with E-state index in [2.05, 4.69) is 15.9 Å². The number of para-hydroxylation sites is 1. The Kier molecular flexibility index (Phi) is 5.01. The third-order valence-corrected chi connectivity index (χ3v) is 5.16. The number of sulfone groups is 1. The van der Waals surface area contributed by atoms with Gasteiger partial charge in [-0.2, -0.15) is 5.26 Å². The Bertz CT molecular complexity index is 850. The fraction of sp³-hybridized carbons (Fsp3) is 0.0625. The monoisotopic (exact) mass is 377 g/mol. The van der Waals surface area contributed by atoms with Crippen molar-refractivity contribution in [2.24, 2.45) is 0 Å². The van der Waals surface area contributed by atoms with Gasteiger partial charge in [-0.05, 0) is 36.4 Å². The molecular weight excluding hydrogens is 366 g/mol. The Balaban J connectivity index is 2.54. The topological polar surface area (TPSA) is 67.2 Å². The molecule has 6 heteroatoms. The SMILES string of the molecule is COc1ccccc1/C=C(\C#N)S(=O)(=O)c1ccc(Br)cc1. The van der Waals surface area contributed by atoms with Gasteiger partial charge < -0.3 is 4.74 Å². The zero-order valence-electron chi connectivity index (χ0n) is 11.7. The van der Waals surface area contributed by atoms with Crippen LogP contribution in [0.2, 0.25) is 0 Å². The molecule has 0 heterocycles. The van der Waals surface area contributed by atoms with Crippen molar-refractivity contribution in [3.8, 4) is 11.8 Å². The molecule has 0 fully saturated rings. The second kappa shape index (κ2) is 6.77. The summed E-state index contributed by atoms with van der Waals surface area (Å²) in [6, 6.07) is 14.8. The molecule has 0 aromatic heterocycles. The Morgan fingerprint density at radius 1 is 1.18 bits per heavy atom. The molecule has 0 aliphatic carbocycles. The van der Waals surface area contributed by atoms with Gasteiger partial charge in [-0.25, -0.2) is 8.42 Å². The molecule has 0 radical (unpaired) electrons. The number of rotatable bonds is 4. The van der Waals surface area contributed by atoms with Crippen molar-refractivity contribution in [2.45, 2.75) is 4.90 Å². The minimum atomic E-state index is -3.87. The van der Waals surface area contributed by atoms with Crippen LogP contribution >= 0.6 is 15.9 Å². The summed E-state index contributed by atoms with van der Waals surface area (Å²) in [5.41, 5.74) is 0.530. The first-order chi connectivity index (χ1) is 10.5. The Labute approximate surface area is 137 Å². The average Bonchev–Trinajstić information content (AvgIpc) is 2.53. The van der Waals surface area contributed by atoms with E-state index in [9.17, 15) is 13.7 Å². The largest absolute Gasteiger partial charge is 0.496 e. The van der Waals surface area contributed by atoms with Gasteiger partial charge >= 0.3 is 0 Å². The van der Waals surface area contributed by atoms with Gasteiger partial charge in [-0.1, -0.05) is 34.1 Å². The highest BCUT2D eigenvalue weighted by molar-refractivity contribution is 9.10. The van der Waals surface area contributed by atoms with Crippen LogP contribution in [0.4, 0.5) is 0 Å². The summed E-state index contributed by atoms with van der Waals surface area (Å²) in [4.78, 5) is -0.266. The van der Waals surface area contributed by atoms with E-state index in [0.29, 0.717) is 11.3 Å². The molecule has 0 saturated heterocycles. The quantitative estimate of drug-likeness (QED) is 0.759. The lowest BCUT2D eigenvalue weighted by atomic mass is 10.2. The van der Waals surface area contributed by atoms with E-state index in [1.807, 2.05) is 0 Å². The summed E-state index contributed by atoms with van der Waals surface area (Å²) < 4.78 is 31.0. The van der Waals surface area contributed by atoms with Crippen LogP contribution in [0.1, 0.15) is 5.56 Å². The van der Waals surface area contributed by atoms with Gasteiger partial charge in [0, 0.05) is 10.0 Å². The van der Waals surface area contributed by atoms with Crippen LogP contribution in [-0.2, 0) is 9.84 Å². The van der Waals surface area contributed by atoms with E-state index in [1.165, 1.54) is 25.3 Å². The van der Waals surface area contributed by atoms with Gasteiger partial charge in [0.15, 0.2) is 0 Å². The zero-order chi connectivity index (χ0) is 16.2. The number of nitriles is 1. The van der Waals surface area contributed by atoms with E-state index >= 15 is 0 Å². The predicted octanol–water partition coefficient (Wildman–Crippen LogP) is 3.80. The molecule has 0 bridgehead atoms. The smallest absolute Gasteiger partial charge is 0.216 e. The van der Waals surface area contributed by atoms with Crippen LogP contribution in [0.25, 0.3) is 6.08 Å². The zero-order valence-corrected chi connectivity index (χ0v) is 14.1. The van der Waals surface area contributed by atoms with Crippen LogP contribution in [0.5, 0.6) is 5.75 Å². The minimum absolute atomic E-state index is 0.0680. The van der Waals surface area contributed by atoms with E-state index < -0.39 is 9.84 Å². The summed E-state index contributed by atoms with van der Waals surface area (Å²) in [6.07, 6.45) is 1.32. The number of nitrogens with zero attached hydrogens (tertiary/aromatic N) is 1. The molecule has 0 aliphatic rings. The van der Waals surface area contributed by atoms with Gasteiger partial charge in [0.05, 0.1) is 12.0 Å². The van der Waals surface area contributed by atoms with Gasteiger partial charge in [0.25, 0.3) is 0 Å². The van der Waals surface area contributed by atoms with Crippen molar-refractivity contribution >= 4 is 31.8 Å². The maximum Gasteiger partial charge on any atom is 0.216 e. The average molecular weight is 378 g/mol. The number of halogens is 1. The van der Waals surface area contributed by atoms with Crippen LogP contribution in [0, 0.1) is 11.3 Å². The molecule has 22 heavy (non-hydrogen) atoms. The third-order valence-electron chi connectivity index (χ3n) is 2.95. The number of ether oxygens (including phenoxy) is 1. The van der Waals surface area contributed by atoms with Gasteiger partial charge in [-0.15, -0.1) is 0 Å². The lowest BCUT2D eigenvalue weighted by molar-refractivity contribution is 0.414. The summed E-state index contributed by atoms with van der Waals surface area (Å²) >= 11 is 3.25. The lowest BCUT2D eigenvalue weighted by Crippen LogP contribution is -2.03. The molecule has 0 spiro atoms. The fourth-order valence-electron chi connectivity index (χ4n) is 1.84. The number of allylic oxidation sites excluding steroid dienone is 1. The highest BCUT2D eigenvalue weighted by Gasteiger charge is 2.21. The summed E-state index contributed by atoms with van der Waals surface area (Å²) in [6.45, 7) is 0. The van der Waals surface area contributed by atoms with Crippen LogP contribution in [-0.4, -0.2) is 15.5 Å². The Morgan fingerprint density at radius 3 is 2.41 bits per heavy atom. The molecule has 2 aromatic carbocycles. The van der Waals surface area contributed by atoms with E-state index in [0.717, 1.165) is 4.47 Å². The Morgan fingerprint density at radius 2 is 1.82 bits per heavy atom. The van der Waals surface area contributed by atoms with Crippen molar-refractivity contribution in [2.75, 3.05) is 7.11 Å². The number of benzene rings is 2. The van der Waals surface area contributed by atoms with Crippen LogP contribution in [0.3, 0.4) is 0 Å². The molecule has 0 atom stereocenters. The highest BCUT2D eigenvalue weighted by Crippen LogP contribution is 2.26. The molecule has 0 aliphatic heterocycles. The Hall–Kier alpha value is -2.10. The first-order valence-corrected chi connectivity index (χ1v) is 8.52. The number of methoxy groups -OCH3 is 1. The maximum absolute atomic E-state index is 12.5. The van der Waals surface area contributed by atoms with E-state index in [1.54, 1.807) is 42.5 Å². The van der Waals surface area contributed by atoms with Crippen LogP contribution < -0.4 is 4.74 Å². The summed E-state index contributed by atoms with van der Waals surface area (Å²) in [5, 5.41) is 9.25. The fourth-order valence-corrected chi connectivity index (χ4v) is 3.25. The molecule has 0 saturated carbocycles. The molecule has 0 N–H and O–H groups in total. The molecule has 0 unspecified atom stereocenters. The number of hydrogen-bond donors (Lipinski definition) is 0. The second-order valence-corrected chi connectivity index (χ2v) is 7.15. The molecule has 0 amide bonds. The van der Waals surface area contributed by atoms with E-state index in [-0.39, 0.29) is 9.80 Å². The van der Waals surface area contributed by atoms with Crippen molar-refractivity contribution in [3.63, 3.8) is 0 Å². The highest BCUT2D eigenvalue weighted by atomic mass is 79.9. The first-order valence-electron chi connectivity index (χ1n) is 6.24. The first kappa shape index (κ1) is 16.3. The molecule has 2 rings (SSSR count). The lowest BCUT2D eigenvalue weighted by Gasteiger charge is -2.06. The summed E-state index contributed by atoms with van der Waals surface area (Å²) in [5.74, 6) is 0.501. The van der Waals surface area contributed by atoms with Crippen LogP contribution in [0.15, 0.2) is 62.8 Å². The predicted molar refractivity (Wildman–Crippen MR) is 87.9 cm³/mol. The second-order valence-electron chi connectivity index (χ2n) is 4.32. The van der Waals surface area contributed by atoms with E-state index in [4.69, 9.17) is 4.74 Å². The molecular formula is C16H12BrNO3S. The standard InChI is InChI=1S/C16H12BrNO3S/c1-21-16-5-3-2-4-12(16)10-15(11-18)22(19,20)14-8-6-13(17)7-9-14/h2-10H,1H3/b15-10+.